The van der Waals surface area contributed by atoms with Crippen LogP contribution in [0.25, 0.3) is 0 Å². The van der Waals surface area contributed by atoms with E-state index in [1.165, 1.54) is 6.21 Å². The predicted octanol–water partition coefficient (Wildman–Crippen LogP) is -0.363. The Labute approximate surface area is 34.3 Å². The van der Waals surface area contributed by atoms with E-state index in [1.54, 1.807) is 0 Å². The Hall–Kier alpha value is -1.06. The average molecular weight is 81.1 g/mol. The van der Waals surface area contributed by atoms with E-state index in [4.69, 9.17) is 0 Å². The third-order valence-corrected chi connectivity index (χ3v) is 0.310. The lowest BCUT2D eigenvalue weighted by molar-refractivity contribution is 0.854. The maximum Gasteiger partial charge on any atom is 0.211 e. The van der Waals surface area contributed by atoms with E-state index in [0.29, 0.717) is 0 Å². The molecule has 0 amide bonds. The topological polar surface area (TPSA) is 51.2 Å². The van der Waals surface area contributed by atoms with Gasteiger partial charge in [-0.15, -0.1) is 0 Å². The Kier molecular flexibility index (Phi) is 0.731. The zero-order valence-electron chi connectivity index (χ0n) is 2.87. The first-order valence-corrected chi connectivity index (χ1v) is 1.37. The fourth-order valence-electron chi connectivity index (χ4n) is 0.146. The van der Waals surface area contributed by atoms with Crippen molar-refractivity contribution in [2.24, 2.45) is 15.4 Å². The Morgan fingerprint density at radius 1 is 1.67 bits per heavy atom. The van der Waals surface area contributed by atoms with Crippen molar-refractivity contribution in [3.8, 4) is 0 Å². The summed E-state index contributed by atoms with van der Waals surface area (Å²) in [5.41, 5.74) is 0. The summed E-state index contributed by atoms with van der Waals surface area (Å²) < 4.78 is 0. The van der Waals surface area contributed by atoms with Crippen LogP contribution in [0.1, 0.15) is 0 Å². The lowest BCUT2D eigenvalue weighted by Gasteiger charge is -1.56. The molecule has 0 saturated carbocycles. The molecular formula is C2HN4+. The maximum atomic E-state index is 3.31. The van der Waals surface area contributed by atoms with Gasteiger partial charge in [-0.05, 0) is 5.10 Å². The van der Waals surface area contributed by atoms with Gasteiger partial charge in [0.2, 0.25) is 10.4 Å². The van der Waals surface area contributed by atoms with Crippen LogP contribution < -0.4 is 5.22 Å². The Balaban J connectivity index is 2.77. The summed E-state index contributed by atoms with van der Waals surface area (Å²) in [4.78, 5) is 0. The van der Waals surface area contributed by atoms with Crippen molar-refractivity contribution < 1.29 is 0 Å². The summed E-state index contributed by atoms with van der Waals surface area (Å²) in [5.74, 6) is 0. The molecule has 0 spiro atoms. The van der Waals surface area contributed by atoms with Crippen LogP contribution in [-0.2, 0) is 0 Å². The van der Waals surface area contributed by atoms with Gasteiger partial charge in [0, 0.05) is 0 Å². The van der Waals surface area contributed by atoms with E-state index in [0.717, 1.165) is 0 Å². The zero-order chi connectivity index (χ0) is 4.24. The lowest BCUT2D eigenvalue weighted by Crippen LogP contribution is -1.83. The van der Waals surface area contributed by atoms with Crippen LogP contribution in [0.3, 0.4) is 0 Å². The van der Waals surface area contributed by atoms with E-state index in [9.17, 15) is 0 Å². The number of hydrogen-bond donors (Lipinski definition) is 0. The van der Waals surface area contributed by atoms with Crippen LogP contribution >= 0.6 is 0 Å². The van der Waals surface area contributed by atoms with Gasteiger partial charge >= 0.3 is 0 Å². The molecule has 1 rings (SSSR count). The summed E-state index contributed by atoms with van der Waals surface area (Å²) in [6, 6.07) is 0. The summed E-state index contributed by atoms with van der Waals surface area (Å²) in [7, 11) is 0. The highest BCUT2D eigenvalue weighted by Gasteiger charge is 1.86. The second-order valence-electron chi connectivity index (χ2n) is 0.653. The van der Waals surface area contributed by atoms with Gasteiger partial charge in [0.25, 0.3) is 0 Å². The molecule has 0 aromatic carbocycles. The van der Waals surface area contributed by atoms with Crippen LogP contribution in [-0.4, -0.2) is 12.4 Å². The molecule has 1 aliphatic rings. The molecule has 6 heavy (non-hydrogen) atoms. The fourth-order valence-corrected chi connectivity index (χ4v) is 0.146. The molecule has 0 bridgehead atoms. The number of hydrogen-bond acceptors (Lipinski definition) is 4. The van der Waals surface area contributed by atoms with E-state index in [1.807, 2.05) is 0 Å². The normalized spacial score (nSPS) is 16.0. The molecule has 0 N–H and O–H groups in total. The van der Waals surface area contributed by atoms with Crippen molar-refractivity contribution in [1.29, 1.82) is 0 Å². The van der Waals surface area contributed by atoms with Gasteiger partial charge in [-0.1, -0.05) is 0 Å². The molecule has 0 unspecified atom stereocenters. The zero-order valence-corrected chi connectivity index (χ0v) is 2.87. The molecule has 0 fully saturated rings. The SMILES string of the molecule is [C]1=N[N+]=NN=C1. The van der Waals surface area contributed by atoms with Gasteiger partial charge in [0.15, 0.2) is 12.4 Å². The highest BCUT2D eigenvalue weighted by Crippen LogP contribution is 1.67. The number of nitrogens with zero attached hydrogens (tertiary/aromatic N) is 4. The van der Waals surface area contributed by atoms with Crippen molar-refractivity contribution >= 4 is 12.4 Å². The largest absolute Gasteiger partial charge is 0.211 e. The fraction of sp³-hybridized carbons (Fsp3) is 0. The molecule has 1 heterocycles. The van der Waals surface area contributed by atoms with Crippen molar-refractivity contribution in [2.75, 3.05) is 0 Å². The monoisotopic (exact) mass is 81.0 g/mol. The smallest absolute Gasteiger partial charge is 0.00474 e. The molecule has 4 nitrogen and oxygen atoms in total. The van der Waals surface area contributed by atoms with Gasteiger partial charge in [0.1, 0.15) is 0 Å². The third-order valence-electron chi connectivity index (χ3n) is 0.310. The molecule has 0 atom stereocenters. The van der Waals surface area contributed by atoms with Gasteiger partial charge < -0.3 is 0 Å². The highest BCUT2D eigenvalue weighted by atomic mass is 15.5. The Morgan fingerprint density at radius 2 is 2.67 bits per heavy atom. The summed E-state index contributed by atoms with van der Waals surface area (Å²) >= 11 is 0. The first-order valence-electron chi connectivity index (χ1n) is 1.37. The van der Waals surface area contributed by atoms with Crippen LogP contribution in [0, 0.1) is 0 Å². The minimum Gasteiger partial charge on any atom is -0.00474 e. The molecule has 0 saturated heterocycles. The second kappa shape index (κ2) is 1.40. The van der Waals surface area contributed by atoms with E-state index >= 15 is 0 Å². The molecule has 0 aromatic heterocycles. The molecule has 0 aliphatic carbocycles. The first-order chi connectivity index (χ1) is 3.00. The highest BCUT2D eigenvalue weighted by molar-refractivity contribution is 6.15. The van der Waals surface area contributed by atoms with Crippen molar-refractivity contribution in [2.45, 2.75) is 0 Å². The molecule has 2 radical (unpaired) electrons. The lowest BCUT2D eigenvalue weighted by atomic mass is 10.8. The second-order valence-corrected chi connectivity index (χ2v) is 0.653. The van der Waals surface area contributed by atoms with Crippen molar-refractivity contribution in [1.82, 2.24) is 5.22 Å². The first kappa shape index (κ1) is 3.14. The van der Waals surface area contributed by atoms with Gasteiger partial charge in [-0.25, -0.2) is 0 Å². The summed E-state index contributed by atoms with van der Waals surface area (Å²) in [5, 5.41) is 12.8. The van der Waals surface area contributed by atoms with Crippen LogP contribution in [0.4, 0.5) is 0 Å². The number of rotatable bonds is 0. The van der Waals surface area contributed by atoms with Gasteiger partial charge in [-0.2, -0.15) is 0 Å². The third kappa shape index (κ3) is 0.453. The molecule has 0 aromatic rings. The predicted molar refractivity (Wildman–Crippen MR) is 20.5 cm³/mol. The minimum absolute atomic E-state index is 1.34. The van der Waals surface area contributed by atoms with Gasteiger partial charge in [-0.3, -0.25) is 0 Å². The average Bonchev–Trinajstić information content (AvgIpc) is 1.72. The maximum absolute atomic E-state index is 3.31. The van der Waals surface area contributed by atoms with Crippen LogP contribution in [0.15, 0.2) is 15.4 Å². The molecule has 28 valence electrons. The van der Waals surface area contributed by atoms with Gasteiger partial charge in [0.05, 0.1) is 5.10 Å². The standard InChI is InChI=1S/C2HN4/c1-2-4-6-5-3-1/h1H/q+1. The van der Waals surface area contributed by atoms with E-state index < -0.39 is 0 Å². The summed E-state index contributed by atoms with van der Waals surface area (Å²) in [6.45, 7) is 0. The van der Waals surface area contributed by atoms with E-state index in [-0.39, 0.29) is 0 Å². The van der Waals surface area contributed by atoms with E-state index in [2.05, 4.69) is 26.9 Å². The Morgan fingerprint density at radius 3 is 2.83 bits per heavy atom. The molecule has 4 heteroatoms. The van der Waals surface area contributed by atoms with Crippen LogP contribution in [0.2, 0.25) is 0 Å². The van der Waals surface area contributed by atoms with Crippen molar-refractivity contribution in [3.05, 3.63) is 0 Å². The quantitative estimate of drug-likeness (QED) is 0.382. The molecule has 1 aliphatic heterocycles. The van der Waals surface area contributed by atoms with Crippen LogP contribution in [0.5, 0.6) is 0 Å². The Bertz CT molecular complexity index is 74.9. The summed E-state index contributed by atoms with van der Waals surface area (Å²) in [6.07, 6.45) is 3.70. The minimum atomic E-state index is 1.34. The molecular weight excluding hydrogens is 80.0 g/mol. The van der Waals surface area contributed by atoms with Crippen molar-refractivity contribution in [3.63, 3.8) is 0 Å².